The molecule has 0 atom stereocenters. The van der Waals surface area contributed by atoms with Crippen LogP contribution in [0.25, 0.3) is 0 Å². The summed E-state index contributed by atoms with van der Waals surface area (Å²) in [5.41, 5.74) is -0.109. The number of likely N-dealkylation sites (N-methyl/N-ethyl adjacent to an activating group) is 1. The van der Waals surface area contributed by atoms with E-state index in [-0.39, 0.29) is 17.1 Å². The molecule has 0 aromatic heterocycles. The maximum Gasteiger partial charge on any atom is 0.309 e. The van der Waals surface area contributed by atoms with Crippen molar-refractivity contribution in [2.75, 3.05) is 27.2 Å². The van der Waals surface area contributed by atoms with Gasteiger partial charge in [-0.25, -0.2) is 0 Å². The Kier molecular flexibility index (Phi) is 5.75. The van der Waals surface area contributed by atoms with Crippen molar-refractivity contribution >= 4 is 11.8 Å². The standard InChI is InChI=1S/C15H30N4O2/c1-14(2)9-11(10-15(3,4)18-14)17-13(21)12(20)16-7-8-19(5)6/h11,18H,7-10H2,1-6H3,(H,16,20)(H,17,21). The zero-order valence-corrected chi connectivity index (χ0v) is 14.2. The largest absolute Gasteiger partial charge is 0.347 e. The van der Waals surface area contributed by atoms with Crippen molar-refractivity contribution in [2.45, 2.75) is 57.7 Å². The van der Waals surface area contributed by atoms with E-state index in [9.17, 15) is 9.59 Å². The summed E-state index contributed by atoms with van der Waals surface area (Å²) in [5.74, 6) is -1.08. The Morgan fingerprint density at radius 1 is 1.10 bits per heavy atom. The highest BCUT2D eigenvalue weighted by molar-refractivity contribution is 6.35. The summed E-state index contributed by atoms with van der Waals surface area (Å²) in [4.78, 5) is 25.7. The molecule has 6 nitrogen and oxygen atoms in total. The molecule has 1 fully saturated rings. The molecule has 0 unspecified atom stereocenters. The highest BCUT2D eigenvalue weighted by atomic mass is 16.2. The van der Waals surface area contributed by atoms with Crippen LogP contribution in [-0.2, 0) is 9.59 Å². The second-order valence-electron chi connectivity index (χ2n) is 7.53. The van der Waals surface area contributed by atoms with Gasteiger partial charge in [-0.3, -0.25) is 9.59 Å². The van der Waals surface area contributed by atoms with Gasteiger partial charge in [-0.1, -0.05) is 0 Å². The lowest BCUT2D eigenvalue weighted by molar-refractivity contribution is -0.140. The molecule has 6 heteroatoms. The van der Waals surface area contributed by atoms with Crippen molar-refractivity contribution in [2.24, 2.45) is 0 Å². The average Bonchev–Trinajstić information content (AvgIpc) is 2.23. The molecule has 0 aromatic rings. The van der Waals surface area contributed by atoms with Gasteiger partial charge in [0, 0.05) is 30.2 Å². The number of nitrogens with zero attached hydrogens (tertiary/aromatic N) is 1. The molecule has 3 N–H and O–H groups in total. The van der Waals surface area contributed by atoms with Crippen LogP contribution in [0.4, 0.5) is 0 Å². The van der Waals surface area contributed by atoms with Crippen LogP contribution in [-0.4, -0.2) is 61.0 Å². The zero-order chi connectivity index (χ0) is 16.3. The summed E-state index contributed by atoms with van der Waals surface area (Å²) in [6.07, 6.45) is 1.63. The van der Waals surface area contributed by atoms with Gasteiger partial charge in [-0.15, -0.1) is 0 Å². The summed E-state index contributed by atoms with van der Waals surface area (Å²) in [6, 6.07) is 0.0170. The molecule has 0 radical (unpaired) electrons. The highest BCUT2D eigenvalue weighted by Crippen LogP contribution is 2.28. The van der Waals surface area contributed by atoms with Crippen LogP contribution in [0, 0.1) is 0 Å². The topological polar surface area (TPSA) is 73.5 Å². The van der Waals surface area contributed by atoms with E-state index >= 15 is 0 Å². The first-order chi connectivity index (χ1) is 9.51. The van der Waals surface area contributed by atoms with Gasteiger partial charge >= 0.3 is 11.8 Å². The second kappa shape index (κ2) is 6.75. The van der Waals surface area contributed by atoms with Crippen molar-refractivity contribution < 1.29 is 9.59 Å². The number of hydrogen-bond donors (Lipinski definition) is 3. The summed E-state index contributed by atoms with van der Waals surface area (Å²) in [5, 5.41) is 9.05. The van der Waals surface area contributed by atoms with Crippen LogP contribution < -0.4 is 16.0 Å². The van der Waals surface area contributed by atoms with Crippen LogP contribution in [0.2, 0.25) is 0 Å². The van der Waals surface area contributed by atoms with E-state index in [1.807, 2.05) is 19.0 Å². The zero-order valence-electron chi connectivity index (χ0n) is 14.2. The van der Waals surface area contributed by atoms with Crippen LogP contribution in [0.5, 0.6) is 0 Å². The van der Waals surface area contributed by atoms with E-state index in [1.54, 1.807) is 0 Å². The maximum atomic E-state index is 12.0. The number of hydrogen-bond acceptors (Lipinski definition) is 4. The molecule has 0 aliphatic carbocycles. The van der Waals surface area contributed by atoms with Gasteiger partial charge in [0.2, 0.25) is 0 Å². The van der Waals surface area contributed by atoms with Gasteiger partial charge in [0.1, 0.15) is 0 Å². The second-order valence-corrected chi connectivity index (χ2v) is 7.53. The lowest BCUT2D eigenvalue weighted by Crippen LogP contribution is -2.62. The van der Waals surface area contributed by atoms with E-state index in [0.717, 1.165) is 12.8 Å². The van der Waals surface area contributed by atoms with Crippen LogP contribution in [0.1, 0.15) is 40.5 Å². The van der Waals surface area contributed by atoms with E-state index in [1.165, 1.54) is 0 Å². The Morgan fingerprint density at radius 3 is 2.10 bits per heavy atom. The summed E-state index contributed by atoms with van der Waals surface area (Å²) in [6.45, 7) is 9.65. The van der Waals surface area contributed by atoms with Gasteiger partial charge in [0.15, 0.2) is 0 Å². The number of piperidine rings is 1. The van der Waals surface area contributed by atoms with E-state index in [0.29, 0.717) is 13.1 Å². The van der Waals surface area contributed by atoms with Gasteiger partial charge < -0.3 is 20.9 Å². The number of carbonyl (C=O) groups excluding carboxylic acids is 2. The molecule has 21 heavy (non-hydrogen) atoms. The minimum Gasteiger partial charge on any atom is -0.347 e. The fourth-order valence-corrected chi connectivity index (χ4v) is 3.15. The van der Waals surface area contributed by atoms with Crippen molar-refractivity contribution in [3.05, 3.63) is 0 Å². The molecule has 1 aliphatic heterocycles. The van der Waals surface area contributed by atoms with E-state index in [4.69, 9.17) is 0 Å². The number of amides is 2. The third kappa shape index (κ3) is 6.44. The molecule has 0 spiro atoms. The third-order valence-corrected chi connectivity index (χ3v) is 3.58. The number of nitrogens with one attached hydrogen (secondary N) is 3. The fraction of sp³-hybridized carbons (Fsp3) is 0.867. The Labute approximate surface area is 128 Å². The van der Waals surface area contributed by atoms with Gasteiger partial charge in [-0.2, -0.15) is 0 Å². The number of rotatable bonds is 4. The molecule has 1 aliphatic rings. The molecule has 122 valence electrons. The first-order valence-corrected chi connectivity index (χ1v) is 7.53. The summed E-state index contributed by atoms with van der Waals surface area (Å²) < 4.78 is 0. The average molecular weight is 298 g/mol. The molecule has 0 saturated carbocycles. The van der Waals surface area contributed by atoms with Crippen molar-refractivity contribution in [1.82, 2.24) is 20.9 Å². The highest BCUT2D eigenvalue weighted by Gasteiger charge is 2.38. The predicted molar refractivity (Wildman–Crippen MR) is 84.0 cm³/mol. The molecule has 2 amide bonds. The SMILES string of the molecule is CN(C)CCNC(=O)C(=O)NC1CC(C)(C)NC(C)(C)C1. The molecule has 1 heterocycles. The monoisotopic (exact) mass is 298 g/mol. The Bertz CT molecular complexity index is 375. The molecule has 0 bridgehead atoms. The summed E-state index contributed by atoms with van der Waals surface area (Å²) in [7, 11) is 3.84. The third-order valence-electron chi connectivity index (χ3n) is 3.58. The smallest absolute Gasteiger partial charge is 0.309 e. The van der Waals surface area contributed by atoms with Gasteiger partial charge in [0.25, 0.3) is 0 Å². The van der Waals surface area contributed by atoms with E-state index < -0.39 is 11.8 Å². The molecule has 1 rings (SSSR count). The van der Waals surface area contributed by atoms with Crippen LogP contribution in [0.15, 0.2) is 0 Å². The Morgan fingerprint density at radius 2 is 1.62 bits per heavy atom. The fourth-order valence-electron chi connectivity index (χ4n) is 3.15. The van der Waals surface area contributed by atoms with E-state index in [2.05, 4.69) is 43.6 Å². The number of carbonyl (C=O) groups is 2. The molecule has 1 saturated heterocycles. The summed E-state index contributed by atoms with van der Waals surface area (Å²) >= 11 is 0. The van der Waals surface area contributed by atoms with Crippen molar-refractivity contribution in [3.8, 4) is 0 Å². The first-order valence-electron chi connectivity index (χ1n) is 7.53. The minimum absolute atomic E-state index is 0.0170. The molecular formula is C15H30N4O2. The van der Waals surface area contributed by atoms with Crippen molar-refractivity contribution in [1.29, 1.82) is 0 Å². The Balaban J connectivity index is 2.48. The lowest BCUT2D eigenvalue weighted by atomic mass is 9.79. The normalized spacial score (nSPS) is 21.1. The Hall–Kier alpha value is -1.14. The molecule has 0 aromatic carbocycles. The first kappa shape index (κ1) is 17.9. The van der Waals surface area contributed by atoms with Crippen molar-refractivity contribution in [3.63, 3.8) is 0 Å². The lowest BCUT2D eigenvalue weighted by Gasteiger charge is -2.46. The van der Waals surface area contributed by atoms with Crippen LogP contribution in [0.3, 0.4) is 0 Å². The maximum absolute atomic E-state index is 12.0. The minimum atomic E-state index is -0.550. The van der Waals surface area contributed by atoms with Gasteiger partial charge in [-0.05, 0) is 54.6 Å². The predicted octanol–water partition coefficient (Wildman–Crippen LogP) is 0.0896. The quantitative estimate of drug-likeness (QED) is 0.643. The molecular weight excluding hydrogens is 268 g/mol. The van der Waals surface area contributed by atoms with Gasteiger partial charge in [0.05, 0.1) is 0 Å². The van der Waals surface area contributed by atoms with Crippen LogP contribution >= 0.6 is 0 Å².